The summed E-state index contributed by atoms with van der Waals surface area (Å²) in [6.45, 7) is 6.48. The fraction of sp³-hybridized carbons (Fsp3) is 0.438. The highest BCUT2D eigenvalue weighted by Gasteiger charge is 2.30. The van der Waals surface area contributed by atoms with E-state index >= 15 is 0 Å². The number of nitrogens with one attached hydrogen (secondary N) is 1. The largest absolute Gasteiger partial charge is 0.314 e. The molecule has 0 atom stereocenters. The van der Waals surface area contributed by atoms with Crippen molar-refractivity contribution in [2.45, 2.75) is 24.7 Å². The molecule has 0 amide bonds. The highest BCUT2D eigenvalue weighted by Crippen LogP contribution is 2.33. The summed E-state index contributed by atoms with van der Waals surface area (Å²) in [5.41, 5.74) is 0.872. The first-order valence-corrected chi connectivity index (χ1v) is 9.03. The molecule has 2 aromatic rings. The molecule has 1 N–H and O–H groups in total. The van der Waals surface area contributed by atoms with Crippen molar-refractivity contribution in [1.82, 2.24) is 14.6 Å². The smallest absolute Gasteiger partial charge is 0.244 e. The van der Waals surface area contributed by atoms with Crippen LogP contribution in [0.4, 0.5) is 0 Å². The lowest BCUT2D eigenvalue weighted by molar-refractivity contribution is 0.360. The average molecular weight is 392 g/mol. The lowest BCUT2D eigenvalue weighted by Crippen LogP contribution is -2.46. The average Bonchev–Trinajstić information content (AvgIpc) is 2.54. The van der Waals surface area contributed by atoms with Crippen molar-refractivity contribution in [1.29, 1.82) is 0 Å². The number of aromatic nitrogens is 1. The Labute approximate surface area is 155 Å². The Morgan fingerprint density at radius 2 is 1.79 bits per heavy atom. The van der Waals surface area contributed by atoms with Crippen molar-refractivity contribution in [3.8, 4) is 0 Å². The van der Waals surface area contributed by atoms with Crippen molar-refractivity contribution in [3.05, 3.63) is 36.2 Å². The van der Waals surface area contributed by atoms with E-state index in [0.29, 0.717) is 31.1 Å². The van der Waals surface area contributed by atoms with E-state index in [1.165, 1.54) is 0 Å². The predicted octanol–water partition coefficient (Wildman–Crippen LogP) is 2.80. The van der Waals surface area contributed by atoms with Crippen LogP contribution in [0.1, 0.15) is 25.3 Å². The summed E-state index contributed by atoms with van der Waals surface area (Å²) in [6, 6.07) is 5.68. The van der Waals surface area contributed by atoms with Gasteiger partial charge in [-0.1, -0.05) is 26.0 Å². The van der Waals surface area contributed by atoms with Crippen LogP contribution < -0.4 is 5.32 Å². The predicted molar refractivity (Wildman–Crippen MR) is 102 cm³/mol. The van der Waals surface area contributed by atoms with Crippen LogP contribution in [0.3, 0.4) is 0 Å². The van der Waals surface area contributed by atoms with Crippen LogP contribution in [0.15, 0.2) is 35.5 Å². The Morgan fingerprint density at radius 1 is 1.12 bits per heavy atom. The number of sulfonamides is 1. The summed E-state index contributed by atoms with van der Waals surface area (Å²) in [7, 11) is -3.50. The van der Waals surface area contributed by atoms with E-state index in [1.807, 2.05) is 26.0 Å². The van der Waals surface area contributed by atoms with Gasteiger partial charge in [0.15, 0.2) is 0 Å². The molecule has 0 saturated carbocycles. The summed E-state index contributed by atoms with van der Waals surface area (Å²) in [4.78, 5) is 4.55. The fourth-order valence-electron chi connectivity index (χ4n) is 2.91. The standard InChI is InChI=1S/C16H21N3O2S.2ClH/c1-12(2)14-4-3-13-11-18-6-5-15(13)16(14)22(20,21)19-9-7-17-8-10-19;;/h3-6,11-12,17H,7-10H2,1-2H3;2*1H. The fourth-order valence-corrected chi connectivity index (χ4v) is 4.90. The van der Waals surface area contributed by atoms with Crippen molar-refractivity contribution < 1.29 is 8.42 Å². The zero-order chi connectivity index (χ0) is 15.7. The van der Waals surface area contributed by atoms with E-state index in [4.69, 9.17) is 0 Å². The van der Waals surface area contributed by atoms with Crippen LogP contribution in [0.2, 0.25) is 0 Å². The van der Waals surface area contributed by atoms with Crippen LogP contribution in [-0.4, -0.2) is 43.9 Å². The van der Waals surface area contributed by atoms with Gasteiger partial charge in [-0.2, -0.15) is 4.31 Å². The summed E-state index contributed by atoms with van der Waals surface area (Å²) in [5.74, 6) is 0.144. The van der Waals surface area contributed by atoms with Gasteiger partial charge >= 0.3 is 0 Å². The van der Waals surface area contributed by atoms with Crippen molar-refractivity contribution >= 4 is 45.6 Å². The molecule has 2 heterocycles. The van der Waals surface area contributed by atoms with E-state index in [-0.39, 0.29) is 30.7 Å². The maximum atomic E-state index is 13.2. The first kappa shape index (κ1) is 21.1. The number of rotatable bonds is 3. The van der Waals surface area contributed by atoms with Gasteiger partial charge in [-0.3, -0.25) is 4.98 Å². The Balaban J connectivity index is 0.00000144. The lowest BCUT2D eigenvalue weighted by Gasteiger charge is -2.28. The van der Waals surface area contributed by atoms with Gasteiger partial charge in [0.2, 0.25) is 10.0 Å². The quantitative estimate of drug-likeness (QED) is 0.873. The zero-order valence-electron chi connectivity index (χ0n) is 13.7. The number of benzene rings is 1. The van der Waals surface area contributed by atoms with Gasteiger partial charge in [0.05, 0.1) is 4.90 Å². The summed E-state index contributed by atoms with van der Waals surface area (Å²) in [5, 5.41) is 4.82. The Hall–Kier alpha value is -0.920. The number of fused-ring (bicyclic) bond motifs is 1. The van der Waals surface area contributed by atoms with Gasteiger partial charge in [0, 0.05) is 49.3 Å². The Morgan fingerprint density at radius 3 is 2.42 bits per heavy atom. The molecule has 0 bridgehead atoms. The van der Waals surface area contributed by atoms with Crippen LogP contribution in [-0.2, 0) is 10.0 Å². The maximum Gasteiger partial charge on any atom is 0.244 e. The third kappa shape index (κ3) is 3.83. The van der Waals surface area contributed by atoms with Crippen LogP contribution in [0.5, 0.6) is 0 Å². The molecule has 1 aromatic heterocycles. The highest BCUT2D eigenvalue weighted by molar-refractivity contribution is 7.89. The third-order valence-corrected chi connectivity index (χ3v) is 6.11. The minimum Gasteiger partial charge on any atom is -0.314 e. The molecule has 1 saturated heterocycles. The lowest BCUT2D eigenvalue weighted by atomic mass is 10.00. The molecule has 3 rings (SSSR count). The number of hydrogen-bond acceptors (Lipinski definition) is 4. The number of hydrogen-bond donors (Lipinski definition) is 1. The van der Waals surface area contributed by atoms with Gasteiger partial charge in [-0.25, -0.2) is 8.42 Å². The van der Waals surface area contributed by atoms with Crippen molar-refractivity contribution in [3.63, 3.8) is 0 Å². The van der Waals surface area contributed by atoms with Gasteiger partial charge < -0.3 is 5.32 Å². The summed E-state index contributed by atoms with van der Waals surface area (Å²) in [6.07, 6.45) is 3.37. The van der Waals surface area contributed by atoms with Gasteiger partial charge in [0.1, 0.15) is 0 Å². The molecule has 8 heteroatoms. The normalized spacial score (nSPS) is 15.8. The van der Waals surface area contributed by atoms with E-state index in [2.05, 4.69) is 10.3 Å². The molecule has 5 nitrogen and oxygen atoms in total. The molecule has 134 valence electrons. The number of halogens is 2. The molecule has 1 aliphatic heterocycles. The molecule has 24 heavy (non-hydrogen) atoms. The molecular weight excluding hydrogens is 369 g/mol. The number of nitrogens with zero attached hydrogens (tertiary/aromatic N) is 2. The van der Waals surface area contributed by atoms with Gasteiger partial charge in [-0.15, -0.1) is 24.8 Å². The molecule has 0 spiro atoms. The van der Waals surface area contributed by atoms with Crippen LogP contribution >= 0.6 is 24.8 Å². The van der Waals surface area contributed by atoms with Gasteiger partial charge in [-0.05, 0) is 17.5 Å². The minimum atomic E-state index is -3.50. The first-order valence-electron chi connectivity index (χ1n) is 7.59. The Kier molecular flexibility index (Phi) is 7.44. The highest BCUT2D eigenvalue weighted by atomic mass is 35.5. The maximum absolute atomic E-state index is 13.2. The molecule has 1 fully saturated rings. The van der Waals surface area contributed by atoms with E-state index in [0.717, 1.165) is 16.3 Å². The molecule has 0 radical (unpaired) electrons. The zero-order valence-corrected chi connectivity index (χ0v) is 16.2. The second-order valence-corrected chi connectivity index (χ2v) is 7.76. The molecule has 0 aliphatic carbocycles. The molecule has 0 unspecified atom stereocenters. The van der Waals surface area contributed by atoms with Crippen LogP contribution in [0.25, 0.3) is 10.8 Å². The molecular formula is C16H23Cl2N3O2S. The summed E-state index contributed by atoms with van der Waals surface area (Å²) < 4.78 is 28.0. The van der Waals surface area contributed by atoms with E-state index < -0.39 is 10.0 Å². The van der Waals surface area contributed by atoms with E-state index in [9.17, 15) is 8.42 Å². The van der Waals surface area contributed by atoms with Gasteiger partial charge in [0.25, 0.3) is 0 Å². The third-order valence-electron chi connectivity index (χ3n) is 4.10. The number of pyridine rings is 1. The van der Waals surface area contributed by atoms with Crippen molar-refractivity contribution in [2.24, 2.45) is 0 Å². The SMILES string of the molecule is CC(C)c1ccc2cnccc2c1S(=O)(=O)N1CCNCC1.Cl.Cl. The minimum absolute atomic E-state index is 0. The van der Waals surface area contributed by atoms with Crippen molar-refractivity contribution in [2.75, 3.05) is 26.2 Å². The molecule has 1 aromatic carbocycles. The monoisotopic (exact) mass is 391 g/mol. The number of piperazine rings is 1. The summed E-state index contributed by atoms with van der Waals surface area (Å²) >= 11 is 0. The second kappa shape index (κ2) is 8.45. The van der Waals surface area contributed by atoms with Crippen LogP contribution in [0, 0.1) is 0 Å². The molecule has 1 aliphatic rings. The topological polar surface area (TPSA) is 62.3 Å². The van der Waals surface area contributed by atoms with E-state index in [1.54, 1.807) is 22.8 Å². The first-order chi connectivity index (χ1) is 10.5. The second-order valence-electron chi connectivity index (χ2n) is 5.89. The Bertz CT molecular complexity index is 791.